The zero-order valence-corrected chi connectivity index (χ0v) is 11.9. The minimum Gasteiger partial charge on any atom is -0.409 e. The van der Waals surface area contributed by atoms with Crippen LogP contribution in [-0.2, 0) is 6.54 Å². The van der Waals surface area contributed by atoms with E-state index in [1.54, 1.807) is 0 Å². The first kappa shape index (κ1) is 13.8. The molecule has 5 heteroatoms. The number of oxime groups is 1. The number of amidine groups is 1. The lowest BCUT2D eigenvalue weighted by atomic mass is 9.96. The van der Waals surface area contributed by atoms with Gasteiger partial charge in [-0.05, 0) is 38.1 Å². The van der Waals surface area contributed by atoms with E-state index in [1.165, 1.54) is 5.39 Å². The Morgan fingerprint density at radius 1 is 1.24 bits per heavy atom. The lowest BCUT2D eigenvalue weighted by Gasteiger charge is -2.30. The smallest absolute Gasteiger partial charge is 0.142 e. The van der Waals surface area contributed by atoms with E-state index in [-0.39, 0.29) is 5.92 Å². The number of nitrogens with zero attached hydrogens (tertiary/aromatic N) is 3. The molecule has 0 radical (unpaired) electrons. The third-order valence-corrected chi connectivity index (χ3v) is 4.16. The third kappa shape index (κ3) is 3.13. The number of hydrogen-bond acceptors (Lipinski definition) is 4. The summed E-state index contributed by atoms with van der Waals surface area (Å²) in [6.07, 6.45) is 1.87. The van der Waals surface area contributed by atoms with Crippen molar-refractivity contribution < 1.29 is 5.21 Å². The van der Waals surface area contributed by atoms with Crippen molar-refractivity contribution in [2.75, 3.05) is 13.1 Å². The van der Waals surface area contributed by atoms with Crippen LogP contribution in [0.3, 0.4) is 0 Å². The lowest BCUT2D eigenvalue weighted by Crippen LogP contribution is -2.38. The number of fused-ring (bicyclic) bond motifs is 1. The van der Waals surface area contributed by atoms with E-state index in [0.29, 0.717) is 5.84 Å². The minimum absolute atomic E-state index is 0.204. The van der Waals surface area contributed by atoms with Gasteiger partial charge in [-0.3, -0.25) is 9.88 Å². The molecule has 0 bridgehead atoms. The Morgan fingerprint density at radius 3 is 2.76 bits per heavy atom. The Hall–Kier alpha value is -2.14. The molecule has 1 fully saturated rings. The molecule has 1 saturated heterocycles. The quantitative estimate of drug-likeness (QED) is 0.392. The number of rotatable bonds is 3. The molecular formula is C16H20N4O. The van der Waals surface area contributed by atoms with Gasteiger partial charge in [-0.2, -0.15) is 0 Å². The molecule has 0 spiro atoms. The Kier molecular flexibility index (Phi) is 4.01. The van der Waals surface area contributed by atoms with E-state index < -0.39 is 0 Å². The fourth-order valence-corrected chi connectivity index (χ4v) is 2.89. The zero-order chi connectivity index (χ0) is 14.7. The predicted molar refractivity (Wildman–Crippen MR) is 83.2 cm³/mol. The Labute approximate surface area is 124 Å². The van der Waals surface area contributed by atoms with Gasteiger partial charge in [0.05, 0.1) is 11.2 Å². The molecule has 1 aliphatic heterocycles. The first-order valence-electron chi connectivity index (χ1n) is 7.30. The molecule has 0 amide bonds. The van der Waals surface area contributed by atoms with Crippen LogP contribution in [-0.4, -0.2) is 34.0 Å². The van der Waals surface area contributed by atoms with Crippen molar-refractivity contribution in [2.24, 2.45) is 16.8 Å². The zero-order valence-electron chi connectivity index (χ0n) is 11.9. The number of piperidine rings is 1. The van der Waals surface area contributed by atoms with Crippen LogP contribution in [0, 0.1) is 5.92 Å². The standard InChI is InChI=1S/C16H20N4O/c17-16(19-21)13-7-9-20(10-8-13)11-14-6-5-12-3-1-2-4-15(12)18-14/h1-6,13,21H,7-11H2,(H2,17,19). The van der Waals surface area contributed by atoms with Crippen LogP contribution < -0.4 is 5.73 Å². The summed E-state index contributed by atoms with van der Waals surface area (Å²) in [6.45, 7) is 2.76. The fourth-order valence-electron chi connectivity index (χ4n) is 2.89. The van der Waals surface area contributed by atoms with E-state index in [2.05, 4.69) is 28.3 Å². The van der Waals surface area contributed by atoms with E-state index in [0.717, 1.165) is 43.7 Å². The fraction of sp³-hybridized carbons (Fsp3) is 0.375. The number of pyridine rings is 1. The summed E-state index contributed by atoms with van der Waals surface area (Å²) in [6, 6.07) is 12.4. The van der Waals surface area contributed by atoms with Gasteiger partial charge in [0.25, 0.3) is 0 Å². The first-order valence-corrected chi connectivity index (χ1v) is 7.30. The van der Waals surface area contributed by atoms with Gasteiger partial charge in [0.15, 0.2) is 0 Å². The second kappa shape index (κ2) is 6.10. The molecule has 1 aromatic heterocycles. The maximum Gasteiger partial charge on any atom is 0.142 e. The van der Waals surface area contributed by atoms with Gasteiger partial charge >= 0.3 is 0 Å². The van der Waals surface area contributed by atoms with Crippen molar-refractivity contribution in [3.05, 3.63) is 42.1 Å². The number of aromatic nitrogens is 1. The topological polar surface area (TPSA) is 74.7 Å². The molecule has 2 heterocycles. The van der Waals surface area contributed by atoms with Crippen LogP contribution in [0.1, 0.15) is 18.5 Å². The van der Waals surface area contributed by atoms with Gasteiger partial charge in [-0.15, -0.1) is 0 Å². The van der Waals surface area contributed by atoms with E-state index in [9.17, 15) is 0 Å². The van der Waals surface area contributed by atoms with Crippen molar-refractivity contribution >= 4 is 16.7 Å². The summed E-state index contributed by atoms with van der Waals surface area (Å²) < 4.78 is 0. The van der Waals surface area contributed by atoms with Crippen molar-refractivity contribution in [1.29, 1.82) is 0 Å². The van der Waals surface area contributed by atoms with Gasteiger partial charge in [0.2, 0.25) is 0 Å². The van der Waals surface area contributed by atoms with E-state index >= 15 is 0 Å². The van der Waals surface area contributed by atoms with Crippen molar-refractivity contribution in [2.45, 2.75) is 19.4 Å². The minimum atomic E-state index is 0.204. The summed E-state index contributed by atoms with van der Waals surface area (Å²) in [4.78, 5) is 7.08. The van der Waals surface area contributed by atoms with Crippen molar-refractivity contribution in [3.8, 4) is 0 Å². The van der Waals surface area contributed by atoms with E-state index in [4.69, 9.17) is 15.9 Å². The highest BCUT2D eigenvalue weighted by molar-refractivity contribution is 5.82. The summed E-state index contributed by atoms with van der Waals surface area (Å²) in [7, 11) is 0. The highest BCUT2D eigenvalue weighted by Gasteiger charge is 2.22. The Morgan fingerprint density at radius 2 is 2.00 bits per heavy atom. The number of nitrogens with two attached hydrogens (primary N) is 1. The van der Waals surface area contributed by atoms with Crippen LogP contribution in [0.15, 0.2) is 41.6 Å². The number of likely N-dealkylation sites (tertiary alicyclic amines) is 1. The average molecular weight is 284 g/mol. The third-order valence-electron chi connectivity index (χ3n) is 4.16. The number of para-hydroxylation sites is 1. The Balaban J connectivity index is 1.64. The van der Waals surface area contributed by atoms with Crippen LogP contribution >= 0.6 is 0 Å². The SMILES string of the molecule is NC(=NO)C1CCN(Cc2ccc3ccccc3n2)CC1. The molecule has 1 aliphatic rings. The van der Waals surface area contributed by atoms with Gasteiger partial charge in [0.1, 0.15) is 5.84 Å². The highest BCUT2D eigenvalue weighted by Crippen LogP contribution is 2.19. The maximum atomic E-state index is 8.73. The number of hydrogen-bond donors (Lipinski definition) is 2. The largest absolute Gasteiger partial charge is 0.409 e. The van der Waals surface area contributed by atoms with Gasteiger partial charge < -0.3 is 10.9 Å². The molecule has 5 nitrogen and oxygen atoms in total. The molecular weight excluding hydrogens is 264 g/mol. The van der Waals surface area contributed by atoms with Crippen LogP contribution in [0.5, 0.6) is 0 Å². The van der Waals surface area contributed by atoms with Gasteiger partial charge in [-0.25, -0.2) is 0 Å². The monoisotopic (exact) mass is 284 g/mol. The van der Waals surface area contributed by atoms with Gasteiger partial charge in [0, 0.05) is 17.8 Å². The average Bonchev–Trinajstić information content (AvgIpc) is 2.55. The second-order valence-electron chi connectivity index (χ2n) is 5.57. The van der Waals surface area contributed by atoms with Crippen LogP contribution in [0.4, 0.5) is 0 Å². The van der Waals surface area contributed by atoms with E-state index in [1.807, 2.05) is 18.2 Å². The molecule has 0 aliphatic carbocycles. The summed E-state index contributed by atoms with van der Waals surface area (Å²) in [5, 5.41) is 13.0. The summed E-state index contributed by atoms with van der Waals surface area (Å²) in [5.41, 5.74) is 7.81. The van der Waals surface area contributed by atoms with Gasteiger partial charge in [-0.1, -0.05) is 29.4 Å². The molecule has 0 atom stereocenters. The second-order valence-corrected chi connectivity index (χ2v) is 5.57. The molecule has 0 unspecified atom stereocenters. The van der Waals surface area contributed by atoms with Crippen molar-refractivity contribution in [3.63, 3.8) is 0 Å². The summed E-state index contributed by atoms with van der Waals surface area (Å²) >= 11 is 0. The molecule has 2 aromatic rings. The maximum absolute atomic E-state index is 8.73. The summed E-state index contributed by atoms with van der Waals surface area (Å²) in [5.74, 6) is 0.564. The normalized spacial score (nSPS) is 18.2. The molecule has 3 N–H and O–H groups in total. The van der Waals surface area contributed by atoms with Crippen LogP contribution in [0.25, 0.3) is 10.9 Å². The molecule has 1 aromatic carbocycles. The molecule has 110 valence electrons. The first-order chi connectivity index (χ1) is 10.3. The predicted octanol–water partition coefficient (Wildman–Crippen LogP) is 2.19. The highest BCUT2D eigenvalue weighted by atomic mass is 16.4. The van der Waals surface area contributed by atoms with Crippen molar-refractivity contribution in [1.82, 2.24) is 9.88 Å². The lowest BCUT2D eigenvalue weighted by molar-refractivity contribution is 0.197. The number of benzene rings is 1. The van der Waals surface area contributed by atoms with Crippen LogP contribution in [0.2, 0.25) is 0 Å². The molecule has 0 saturated carbocycles. The molecule has 3 rings (SSSR count). The molecule has 21 heavy (non-hydrogen) atoms. The Bertz CT molecular complexity index is 648.